The highest BCUT2D eigenvalue weighted by molar-refractivity contribution is 5.66. The van der Waals surface area contributed by atoms with E-state index in [1.807, 2.05) is 0 Å². The van der Waals surface area contributed by atoms with Gasteiger partial charge in [-0.2, -0.15) is 0 Å². The monoisotopic (exact) mass is 235 g/mol. The van der Waals surface area contributed by atoms with Crippen molar-refractivity contribution in [1.29, 1.82) is 0 Å². The molecule has 3 atom stereocenters. The first-order chi connectivity index (χ1) is 8.24. The van der Waals surface area contributed by atoms with Crippen molar-refractivity contribution in [3.63, 3.8) is 0 Å². The molecular formula is C11H13N3O3. The normalized spacial score (nSPS) is 34.8. The highest BCUT2D eigenvalue weighted by Gasteiger charge is 2.60. The van der Waals surface area contributed by atoms with Crippen LogP contribution in [-0.2, 0) is 0 Å². The van der Waals surface area contributed by atoms with Gasteiger partial charge in [0.25, 0.3) is 0 Å². The van der Waals surface area contributed by atoms with Crippen molar-refractivity contribution in [2.45, 2.75) is 24.7 Å². The Labute approximate surface area is 97.6 Å². The molecule has 1 unspecified atom stereocenters. The van der Waals surface area contributed by atoms with Gasteiger partial charge in [-0.05, 0) is 24.7 Å². The second-order valence-electron chi connectivity index (χ2n) is 5.29. The van der Waals surface area contributed by atoms with Crippen molar-refractivity contribution >= 4 is 6.09 Å². The van der Waals surface area contributed by atoms with Crippen LogP contribution in [-0.4, -0.2) is 39.4 Å². The number of fused-ring (bicyclic) bond motifs is 1. The van der Waals surface area contributed by atoms with E-state index in [-0.39, 0.29) is 0 Å². The summed E-state index contributed by atoms with van der Waals surface area (Å²) in [6.45, 7) is 1.23. The molecule has 6 heteroatoms. The topological polar surface area (TPSA) is 79.5 Å². The summed E-state index contributed by atoms with van der Waals surface area (Å²) in [5.74, 6) is 3.11. The van der Waals surface area contributed by atoms with Crippen molar-refractivity contribution < 1.29 is 14.3 Å². The number of carbonyl (C=O) groups is 1. The van der Waals surface area contributed by atoms with Gasteiger partial charge >= 0.3 is 6.09 Å². The van der Waals surface area contributed by atoms with E-state index < -0.39 is 6.09 Å². The van der Waals surface area contributed by atoms with E-state index in [1.165, 1.54) is 4.90 Å². The van der Waals surface area contributed by atoms with Crippen molar-refractivity contribution in [2.75, 3.05) is 13.1 Å². The van der Waals surface area contributed by atoms with Crippen LogP contribution in [0.15, 0.2) is 4.42 Å². The predicted molar refractivity (Wildman–Crippen MR) is 55.6 cm³/mol. The maximum Gasteiger partial charge on any atom is 0.407 e. The van der Waals surface area contributed by atoms with Gasteiger partial charge < -0.3 is 14.4 Å². The molecular weight excluding hydrogens is 222 g/mol. The standard InChI is InChI=1S/C11H13N3O3/c15-11(16)14-3-6-7(4-14)8(6)10-13-12-9(17-10)5-1-2-5/h5-8H,1-4H2,(H,15,16)/t6-,7+,8?. The quantitative estimate of drug-likeness (QED) is 0.835. The molecule has 6 nitrogen and oxygen atoms in total. The molecule has 0 bridgehead atoms. The van der Waals surface area contributed by atoms with Crippen LogP contribution in [0.4, 0.5) is 4.79 Å². The average molecular weight is 235 g/mol. The molecule has 90 valence electrons. The van der Waals surface area contributed by atoms with Crippen LogP contribution in [0, 0.1) is 11.8 Å². The molecule has 1 amide bonds. The van der Waals surface area contributed by atoms with Crippen LogP contribution in [0.2, 0.25) is 0 Å². The molecule has 1 saturated heterocycles. The Morgan fingerprint density at radius 2 is 1.88 bits per heavy atom. The molecule has 3 fully saturated rings. The number of nitrogens with zero attached hydrogens (tertiary/aromatic N) is 3. The number of hydrogen-bond acceptors (Lipinski definition) is 4. The number of likely N-dealkylation sites (tertiary alicyclic amines) is 1. The van der Waals surface area contributed by atoms with E-state index in [0.29, 0.717) is 36.8 Å². The van der Waals surface area contributed by atoms with E-state index in [9.17, 15) is 4.79 Å². The molecule has 3 aliphatic rings. The van der Waals surface area contributed by atoms with Gasteiger partial charge in [0.2, 0.25) is 11.8 Å². The fourth-order valence-corrected chi connectivity index (χ4v) is 2.93. The zero-order valence-corrected chi connectivity index (χ0v) is 9.24. The van der Waals surface area contributed by atoms with Gasteiger partial charge in [-0.3, -0.25) is 0 Å². The predicted octanol–water partition coefficient (Wildman–Crippen LogP) is 1.27. The number of rotatable bonds is 2. The maximum absolute atomic E-state index is 10.8. The Kier molecular flexibility index (Phi) is 1.66. The van der Waals surface area contributed by atoms with Gasteiger partial charge in [0.1, 0.15) is 0 Å². The zero-order valence-electron chi connectivity index (χ0n) is 9.24. The number of aromatic nitrogens is 2. The first-order valence-corrected chi connectivity index (χ1v) is 6.05. The van der Waals surface area contributed by atoms with E-state index in [4.69, 9.17) is 9.52 Å². The lowest BCUT2D eigenvalue weighted by Gasteiger charge is -2.14. The summed E-state index contributed by atoms with van der Waals surface area (Å²) in [5.41, 5.74) is 0. The third-order valence-electron chi connectivity index (χ3n) is 4.13. The van der Waals surface area contributed by atoms with Gasteiger partial charge in [0, 0.05) is 24.9 Å². The van der Waals surface area contributed by atoms with Crippen LogP contribution in [0.1, 0.15) is 36.5 Å². The van der Waals surface area contributed by atoms with E-state index in [1.54, 1.807) is 0 Å². The third-order valence-corrected chi connectivity index (χ3v) is 4.13. The maximum atomic E-state index is 10.8. The Morgan fingerprint density at radius 3 is 2.47 bits per heavy atom. The number of amides is 1. The molecule has 4 rings (SSSR count). The third kappa shape index (κ3) is 1.36. The average Bonchev–Trinajstić information content (AvgIpc) is 3.17. The van der Waals surface area contributed by atoms with Gasteiger partial charge in [-0.15, -0.1) is 10.2 Å². The van der Waals surface area contributed by atoms with Crippen molar-refractivity contribution in [3.05, 3.63) is 11.8 Å². The fourth-order valence-electron chi connectivity index (χ4n) is 2.93. The minimum absolute atomic E-state index is 0.311. The molecule has 1 aliphatic heterocycles. The highest BCUT2D eigenvalue weighted by atomic mass is 16.4. The first-order valence-electron chi connectivity index (χ1n) is 6.05. The zero-order chi connectivity index (χ0) is 11.6. The molecule has 0 aromatic carbocycles. The van der Waals surface area contributed by atoms with Crippen molar-refractivity contribution in [2.24, 2.45) is 11.8 Å². The first kappa shape index (κ1) is 9.44. The molecule has 0 spiro atoms. The van der Waals surface area contributed by atoms with Crippen LogP contribution in [0.5, 0.6) is 0 Å². The Hall–Kier alpha value is -1.59. The van der Waals surface area contributed by atoms with Crippen LogP contribution in [0.25, 0.3) is 0 Å². The second kappa shape index (κ2) is 3.00. The molecule has 2 saturated carbocycles. The molecule has 17 heavy (non-hydrogen) atoms. The fraction of sp³-hybridized carbons (Fsp3) is 0.727. The lowest BCUT2D eigenvalue weighted by atomic mass is 10.2. The molecule has 0 radical (unpaired) electrons. The Morgan fingerprint density at radius 1 is 1.24 bits per heavy atom. The lowest BCUT2D eigenvalue weighted by Crippen LogP contribution is -2.29. The largest absolute Gasteiger partial charge is 0.465 e. The van der Waals surface area contributed by atoms with Gasteiger partial charge in [0.05, 0.1) is 0 Å². The number of hydrogen-bond donors (Lipinski definition) is 1. The minimum Gasteiger partial charge on any atom is -0.465 e. The summed E-state index contributed by atoms with van der Waals surface area (Å²) in [4.78, 5) is 12.3. The molecule has 1 aromatic rings. The minimum atomic E-state index is -0.819. The summed E-state index contributed by atoms with van der Waals surface area (Å²) in [5, 5.41) is 17.1. The van der Waals surface area contributed by atoms with Crippen LogP contribution < -0.4 is 0 Å². The van der Waals surface area contributed by atoms with E-state index >= 15 is 0 Å². The van der Waals surface area contributed by atoms with Crippen LogP contribution in [0.3, 0.4) is 0 Å². The summed E-state index contributed by atoms with van der Waals surface area (Å²) in [6, 6.07) is 0. The molecule has 2 aliphatic carbocycles. The van der Waals surface area contributed by atoms with Gasteiger partial charge in [-0.25, -0.2) is 4.79 Å². The van der Waals surface area contributed by atoms with Gasteiger partial charge in [0.15, 0.2) is 0 Å². The second-order valence-corrected chi connectivity index (χ2v) is 5.29. The van der Waals surface area contributed by atoms with Gasteiger partial charge in [-0.1, -0.05) is 0 Å². The SMILES string of the molecule is O=C(O)N1C[C@@H]2C(c3nnc(C4CC4)o3)[C@@H]2C1. The molecule has 2 heterocycles. The van der Waals surface area contributed by atoms with Crippen molar-refractivity contribution in [1.82, 2.24) is 15.1 Å². The Bertz CT molecular complexity index is 470. The molecule has 1 N–H and O–H groups in total. The number of piperidine rings is 1. The summed E-state index contributed by atoms with van der Waals surface area (Å²) in [6.07, 6.45) is 1.50. The summed E-state index contributed by atoms with van der Waals surface area (Å²) >= 11 is 0. The highest BCUT2D eigenvalue weighted by Crippen LogP contribution is 2.58. The lowest BCUT2D eigenvalue weighted by molar-refractivity contribution is 0.149. The smallest absolute Gasteiger partial charge is 0.407 e. The van der Waals surface area contributed by atoms with Crippen LogP contribution >= 0.6 is 0 Å². The van der Waals surface area contributed by atoms with Crippen molar-refractivity contribution in [3.8, 4) is 0 Å². The summed E-state index contributed by atoms with van der Waals surface area (Å²) < 4.78 is 5.68. The number of carboxylic acid groups (broad SMARTS) is 1. The Balaban J connectivity index is 1.47. The molecule has 1 aromatic heterocycles. The summed E-state index contributed by atoms with van der Waals surface area (Å²) in [7, 11) is 0. The van der Waals surface area contributed by atoms with E-state index in [2.05, 4.69) is 10.2 Å². The van der Waals surface area contributed by atoms with E-state index in [0.717, 1.165) is 24.6 Å².